The van der Waals surface area contributed by atoms with Crippen LogP contribution >= 0.6 is 11.3 Å². The van der Waals surface area contributed by atoms with Crippen molar-refractivity contribution in [2.45, 2.75) is 39.0 Å². The van der Waals surface area contributed by atoms with E-state index in [1.807, 2.05) is 11.3 Å². The van der Waals surface area contributed by atoms with Gasteiger partial charge < -0.3 is 10.1 Å². The molecule has 0 aliphatic carbocycles. The zero-order valence-electron chi connectivity index (χ0n) is 11.6. The van der Waals surface area contributed by atoms with Crippen LogP contribution in [-0.2, 0) is 11.3 Å². The van der Waals surface area contributed by atoms with Crippen LogP contribution in [-0.4, -0.2) is 43.8 Å². The number of nitrogens with one attached hydrogen (secondary N) is 1. The number of nitrogens with zero attached hydrogens (tertiary/aromatic N) is 1. The molecule has 0 radical (unpaired) electrons. The second-order valence-electron chi connectivity index (χ2n) is 5.12. The van der Waals surface area contributed by atoms with E-state index < -0.39 is 0 Å². The highest BCUT2D eigenvalue weighted by atomic mass is 32.1. The van der Waals surface area contributed by atoms with Gasteiger partial charge in [0.15, 0.2) is 0 Å². The fourth-order valence-electron chi connectivity index (χ4n) is 2.51. The maximum atomic E-state index is 5.61. The van der Waals surface area contributed by atoms with E-state index in [9.17, 15) is 0 Å². The average molecular weight is 268 g/mol. The number of hydrogen-bond donors (Lipinski definition) is 1. The van der Waals surface area contributed by atoms with Crippen molar-refractivity contribution in [3.05, 3.63) is 21.9 Å². The van der Waals surface area contributed by atoms with Gasteiger partial charge in [-0.25, -0.2) is 0 Å². The number of aryl methyl sites for hydroxylation is 1. The van der Waals surface area contributed by atoms with Crippen molar-refractivity contribution in [3.63, 3.8) is 0 Å². The summed E-state index contributed by atoms with van der Waals surface area (Å²) in [7, 11) is 2.20. The molecule has 0 spiro atoms. The van der Waals surface area contributed by atoms with Crippen LogP contribution in [0.15, 0.2) is 11.4 Å². The van der Waals surface area contributed by atoms with Crippen LogP contribution < -0.4 is 5.32 Å². The molecule has 0 aromatic carbocycles. The number of rotatable bonds is 6. The van der Waals surface area contributed by atoms with Crippen LogP contribution in [0, 0.1) is 6.92 Å². The molecular weight excluding hydrogens is 244 g/mol. The molecule has 2 rings (SSSR count). The minimum atomic E-state index is 0.384. The highest BCUT2D eigenvalue weighted by molar-refractivity contribution is 7.10. The fourth-order valence-corrected chi connectivity index (χ4v) is 3.38. The van der Waals surface area contributed by atoms with Crippen molar-refractivity contribution in [2.75, 3.05) is 26.7 Å². The highest BCUT2D eigenvalue weighted by Gasteiger charge is 2.27. The van der Waals surface area contributed by atoms with Crippen molar-refractivity contribution in [2.24, 2.45) is 0 Å². The monoisotopic (exact) mass is 268 g/mol. The van der Waals surface area contributed by atoms with Crippen molar-refractivity contribution in [3.8, 4) is 0 Å². The van der Waals surface area contributed by atoms with Gasteiger partial charge in [-0.15, -0.1) is 11.3 Å². The van der Waals surface area contributed by atoms with Gasteiger partial charge in [-0.3, -0.25) is 4.90 Å². The van der Waals surface area contributed by atoms with E-state index in [-0.39, 0.29) is 0 Å². The summed E-state index contributed by atoms with van der Waals surface area (Å²) in [5.74, 6) is 0. The SMILES string of the molecule is Cc1ccsc1CNCCN(C)C1CCOC1C. The van der Waals surface area contributed by atoms with Crippen LogP contribution in [0.4, 0.5) is 0 Å². The van der Waals surface area contributed by atoms with E-state index in [1.54, 1.807) is 0 Å². The van der Waals surface area contributed by atoms with Gasteiger partial charge in [0.25, 0.3) is 0 Å². The van der Waals surface area contributed by atoms with Crippen LogP contribution in [0.2, 0.25) is 0 Å². The second-order valence-corrected chi connectivity index (χ2v) is 6.12. The van der Waals surface area contributed by atoms with Gasteiger partial charge >= 0.3 is 0 Å². The number of likely N-dealkylation sites (N-methyl/N-ethyl adjacent to an activating group) is 1. The van der Waals surface area contributed by atoms with E-state index in [2.05, 4.69) is 42.6 Å². The quantitative estimate of drug-likeness (QED) is 0.801. The lowest BCUT2D eigenvalue weighted by atomic mass is 10.1. The van der Waals surface area contributed by atoms with Gasteiger partial charge in [0.2, 0.25) is 0 Å². The van der Waals surface area contributed by atoms with Crippen molar-refractivity contribution < 1.29 is 4.74 Å². The summed E-state index contributed by atoms with van der Waals surface area (Å²) in [6.07, 6.45) is 1.55. The van der Waals surface area contributed by atoms with E-state index in [0.717, 1.165) is 26.2 Å². The topological polar surface area (TPSA) is 24.5 Å². The zero-order valence-corrected chi connectivity index (χ0v) is 12.4. The van der Waals surface area contributed by atoms with Gasteiger partial charge in [0.05, 0.1) is 6.10 Å². The summed E-state index contributed by atoms with van der Waals surface area (Å²) in [5.41, 5.74) is 1.40. The molecule has 3 nitrogen and oxygen atoms in total. The molecule has 2 heterocycles. The Balaban J connectivity index is 1.65. The Kier molecular flexibility index (Phi) is 5.18. The summed E-state index contributed by atoms with van der Waals surface area (Å²) in [4.78, 5) is 3.88. The maximum Gasteiger partial charge on any atom is 0.0702 e. The Morgan fingerprint density at radius 2 is 2.39 bits per heavy atom. The molecule has 102 valence electrons. The predicted molar refractivity (Wildman–Crippen MR) is 77.2 cm³/mol. The molecule has 1 aliphatic rings. The molecule has 2 atom stereocenters. The van der Waals surface area contributed by atoms with Crippen LogP contribution in [0.5, 0.6) is 0 Å². The molecule has 4 heteroatoms. The normalized spacial score (nSPS) is 24.0. The Bertz CT molecular complexity index is 366. The summed E-state index contributed by atoms with van der Waals surface area (Å²) in [5, 5.41) is 5.69. The minimum Gasteiger partial charge on any atom is -0.377 e. The van der Waals surface area contributed by atoms with Gasteiger partial charge in [-0.05, 0) is 44.3 Å². The summed E-state index contributed by atoms with van der Waals surface area (Å²) in [6.45, 7) is 8.39. The number of hydrogen-bond acceptors (Lipinski definition) is 4. The summed E-state index contributed by atoms with van der Waals surface area (Å²) < 4.78 is 5.61. The number of thiophene rings is 1. The first kappa shape index (κ1) is 14.0. The van der Waals surface area contributed by atoms with Crippen molar-refractivity contribution in [1.82, 2.24) is 10.2 Å². The third kappa shape index (κ3) is 3.54. The van der Waals surface area contributed by atoms with Gasteiger partial charge in [-0.1, -0.05) is 0 Å². The van der Waals surface area contributed by atoms with Crippen molar-refractivity contribution in [1.29, 1.82) is 0 Å². The molecule has 1 aromatic heterocycles. The molecule has 1 saturated heterocycles. The van der Waals surface area contributed by atoms with E-state index in [4.69, 9.17) is 4.74 Å². The Morgan fingerprint density at radius 3 is 3.00 bits per heavy atom. The molecule has 1 fully saturated rings. The Hall–Kier alpha value is -0.420. The molecule has 0 saturated carbocycles. The largest absolute Gasteiger partial charge is 0.377 e. The molecule has 2 unspecified atom stereocenters. The Labute approximate surface area is 114 Å². The first-order valence-electron chi connectivity index (χ1n) is 6.74. The van der Waals surface area contributed by atoms with Crippen LogP contribution in [0.3, 0.4) is 0 Å². The fraction of sp³-hybridized carbons (Fsp3) is 0.714. The first-order chi connectivity index (χ1) is 8.68. The zero-order chi connectivity index (χ0) is 13.0. The molecule has 1 aromatic rings. The lowest BCUT2D eigenvalue weighted by Crippen LogP contribution is -2.40. The van der Waals surface area contributed by atoms with Gasteiger partial charge in [0, 0.05) is 37.2 Å². The summed E-state index contributed by atoms with van der Waals surface area (Å²) >= 11 is 1.84. The molecule has 1 N–H and O–H groups in total. The third-order valence-electron chi connectivity index (χ3n) is 3.80. The highest BCUT2D eigenvalue weighted by Crippen LogP contribution is 2.18. The molecular formula is C14H24N2OS. The molecule has 18 heavy (non-hydrogen) atoms. The first-order valence-corrected chi connectivity index (χ1v) is 7.62. The molecule has 0 amide bonds. The lowest BCUT2D eigenvalue weighted by Gasteiger charge is -2.26. The summed E-state index contributed by atoms with van der Waals surface area (Å²) in [6, 6.07) is 2.78. The van der Waals surface area contributed by atoms with Crippen LogP contribution in [0.1, 0.15) is 23.8 Å². The predicted octanol–water partition coefficient (Wildman–Crippen LogP) is 2.26. The van der Waals surface area contributed by atoms with E-state index >= 15 is 0 Å². The van der Waals surface area contributed by atoms with Crippen molar-refractivity contribution >= 4 is 11.3 Å². The third-order valence-corrected chi connectivity index (χ3v) is 4.82. The molecule has 1 aliphatic heterocycles. The van der Waals surface area contributed by atoms with Gasteiger partial charge in [0.1, 0.15) is 0 Å². The van der Waals surface area contributed by atoms with E-state index in [1.165, 1.54) is 16.9 Å². The number of ether oxygens (including phenoxy) is 1. The lowest BCUT2D eigenvalue weighted by molar-refractivity contribution is 0.0840. The van der Waals surface area contributed by atoms with E-state index in [0.29, 0.717) is 12.1 Å². The Morgan fingerprint density at radius 1 is 1.56 bits per heavy atom. The maximum absolute atomic E-state index is 5.61. The minimum absolute atomic E-state index is 0.384. The standard InChI is InChI=1S/C14H24N2OS/c1-11-5-9-18-14(11)10-15-6-7-16(3)13-4-8-17-12(13)2/h5,9,12-13,15H,4,6-8,10H2,1-3H3. The van der Waals surface area contributed by atoms with Gasteiger partial charge in [-0.2, -0.15) is 0 Å². The van der Waals surface area contributed by atoms with Crippen LogP contribution in [0.25, 0.3) is 0 Å². The molecule has 0 bridgehead atoms. The smallest absolute Gasteiger partial charge is 0.0702 e. The average Bonchev–Trinajstić information content (AvgIpc) is 2.94. The second kappa shape index (κ2) is 6.66.